The number of methoxy groups -OCH3 is 2. The van der Waals surface area contributed by atoms with Crippen LogP contribution in [0.5, 0.6) is 11.5 Å². The van der Waals surface area contributed by atoms with E-state index in [2.05, 4.69) is 23.6 Å². The lowest BCUT2D eigenvalue weighted by Gasteiger charge is -2.13. The normalized spacial score (nSPS) is 11.1. The van der Waals surface area contributed by atoms with Crippen molar-refractivity contribution in [1.82, 2.24) is 9.55 Å². The quantitative estimate of drug-likeness (QED) is 0.393. The molecule has 2 heterocycles. The zero-order valence-corrected chi connectivity index (χ0v) is 16.9. The van der Waals surface area contributed by atoms with Crippen LogP contribution in [0.3, 0.4) is 0 Å². The molecule has 0 bridgehead atoms. The van der Waals surface area contributed by atoms with E-state index in [0.717, 1.165) is 58.7 Å². The standard InChI is InChI=1S/C24H24N2O3/c1-4-5-12-26-20-9-7-6-8-18(20)19-14-17(15-27)25-23(24(19)26)16-10-11-21(28-2)22(13-16)29-3/h6-11,13-15H,4-5,12H2,1-3H3. The Kier molecular flexibility index (Phi) is 5.21. The van der Waals surface area contributed by atoms with E-state index < -0.39 is 0 Å². The Balaban J connectivity index is 2.09. The molecule has 4 aromatic rings. The SMILES string of the molecule is CCCCn1c2ccccc2c2cc(C=O)nc(-c3ccc(OC)c(OC)c3)c21. The van der Waals surface area contributed by atoms with Crippen LogP contribution in [0.1, 0.15) is 30.3 Å². The van der Waals surface area contributed by atoms with Gasteiger partial charge >= 0.3 is 0 Å². The molecule has 0 spiro atoms. The summed E-state index contributed by atoms with van der Waals surface area (Å²) in [5, 5.41) is 2.17. The monoisotopic (exact) mass is 388 g/mol. The van der Waals surface area contributed by atoms with Crippen molar-refractivity contribution in [2.75, 3.05) is 14.2 Å². The molecule has 0 atom stereocenters. The lowest BCUT2D eigenvalue weighted by molar-refractivity contribution is 0.111. The molecule has 0 aliphatic rings. The highest BCUT2D eigenvalue weighted by atomic mass is 16.5. The number of carbonyl (C=O) groups excluding carboxylic acids is 1. The number of aryl methyl sites for hydroxylation is 1. The fourth-order valence-corrected chi connectivity index (χ4v) is 3.89. The molecule has 2 aromatic heterocycles. The number of pyridine rings is 1. The van der Waals surface area contributed by atoms with Crippen molar-refractivity contribution in [3.8, 4) is 22.8 Å². The third kappa shape index (κ3) is 3.23. The van der Waals surface area contributed by atoms with Crippen LogP contribution in [0.15, 0.2) is 48.5 Å². The van der Waals surface area contributed by atoms with E-state index in [1.807, 2.05) is 36.4 Å². The molecule has 5 heteroatoms. The molecule has 0 saturated carbocycles. The van der Waals surface area contributed by atoms with Crippen LogP contribution in [0.2, 0.25) is 0 Å². The van der Waals surface area contributed by atoms with Crippen LogP contribution < -0.4 is 9.47 Å². The predicted octanol–water partition coefficient (Wildman–Crippen LogP) is 5.49. The molecule has 0 N–H and O–H groups in total. The van der Waals surface area contributed by atoms with Crippen LogP contribution in [0.4, 0.5) is 0 Å². The summed E-state index contributed by atoms with van der Waals surface area (Å²) in [5.41, 5.74) is 4.27. The highest BCUT2D eigenvalue weighted by Crippen LogP contribution is 2.38. The first kappa shape index (κ1) is 19.0. The first-order valence-electron chi connectivity index (χ1n) is 9.81. The van der Waals surface area contributed by atoms with Crippen molar-refractivity contribution in [3.05, 3.63) is 54.2 Å². The Labute approximate surface area is 169 Å². The zero-order valence-electron chi connectivity index (χ0n) is 16.9. The second-order valence-electron chi connectivity index (χ2n) is 7.00. The number of unbranched alkanes of at least 4 members (excludes halogenated alkanes) is 1. The predicted molar refractivity (Wildman–Crippen MR) is 116 cm³/mol. The summed E-state index contributed by atoms with van der Waals surface area (Å²) in [6.07, 6.45) is 2.97. The van der Waals surface area contributed by atoms with Crippen LogP contribution in [0, 0.1) is 0 Å². The van der Waals surface area contributed by atoms with E-state index in [0.29, 0.717) is 17.2 Å². The molecular formula is C24H24N2O3. The van der Waals surface area contributed by atoms with E-state index in [-0.39, 0.29) is 0 Å². The van der Waals surface area contributed by atoms with Crippen molar-refractivity contribution in [1.29, 1.82) is 0 Å². The molecule has 0 saturated heterocycles. The minimum Gasteiger partial charge on any atom is -0.493 e. The van der Waals surface area contributed by atoms with Gasteiger partial charge in [-0.15, -0.1) is 0 Å². The maximum absolute atomic E-state index is 11.7. The van der Waals surface area contributed by atoms with E-state index in [4.69, 9.17) is 14.5 Å². The highest BCUT2D eigenvalue weighted by Gasteiger charge is 2.18. The molecule has 0 radical (unpaired) electrons. The molecule has 5 nitrogen and oxygen atoms in total. The van der Waals surface area contributed by atoms with Gasteiger partial charge in [-0.2, -0.15) is 0 Å². The lowest BCUT2D eigenvalue weighted by Crippen LogP contribution is -2.01. The van der Waals surface area contributed by atoms with Gasteiger partial charge in [0.2, 0.25) is 0 Å². The summed E-state index contributed by atoms with van der Waals surface area (Å²) < 4.78 is 13.2. The van der Waals surface area contributed by atoms with Crippen molar-refractivity contribution in [2.45, 2.75) is 26.3 Å². The maximum Gasteiger partial charge on any atom is 0.168 e. The van der Waals surface area contributed by atoms with Crippen LogP contribution in [0.25, 0.3) is 33.1 Å². The number of hydrogen-bond donors (Lipinski definition) is 0. The summed E-state index contributed by atoms with van der Waals surface area (Å²) in [6, 6.07) is 15.9. The second kappa shape index (κ2) is 7.95. The van der Waals surface area contributed by atoms with Crippen molar-refractivity contribution >= 4 is 28.1 Å². The summed E-state index contributed by atoms with van der Waals surface area (Å²) in [4.78, 5) is 16.4. The van der Waals surface area contributed by atoms with E-state index in [9.17, 15) is 4.79 Å². The number of ether oxygens (including phenoxy) is 2. The number of nitrogens with zero attached hydrogens (tertiary/aromatic N) is 2. The Morgan fingerprint density at radius 2 is 1.79 bits per heavy atom. The van der Waals surface area contributed by atoms with Crippen LogP contribution >= 0.6 is 0 Å². The van der Waals surface area contributed by atoms with Gasteiger partial charge in [0.1, 0.15) is 5.69 Å². The van der Waals surface area contributed by atoms with Crippen molar-refractivity contribution in [3.63, 3.8) is 0 Å². The van der Waals surface area contributed by atoms with Crippen LogP contribution in [-0.2, 0) is 6.54 Å². The smallest absolute Gasteiger partial charge is 0.168 e. The minimum atomic E-state index is 0.417. The van der Waals surface area contributed by atoms with Gasteiger partial charge in [-0.1, -0.05) is 31.5 Å². The largest absolute Gasteiger partial charge is 0.493 e. The first-order chi connectivity index (χ1) is 14.2. The molecule has 0 aliphatic heterocycles. The summed E-state index contributed by atoms with van der Waals surface area (Å²) in [5.74, 6) is 1.29. The Morgan fingerprint density at radius 3 is 2.52 bits per heavy atom. The zero-order chi connectivity index (χ0) is 20.4. The number of hydrogen-bond acceptors (Lipinski definition) is 4. The van der Waals surface area contributed by atoms with Crippen LogP contribution in [-0.4, -0.2) is 30.1 Å². The van der Waals surface area contributed by atoms with Gasteiger partial charge in [0.05, 0.1) is 25.4 Å². The molecule has 2 aromatic carbocycles. The Bertz CT molecular complexity index is 1190. The molecule has 0 unspecified atom stereocenters. The fraction of sp³-hybridized carbons (Fsp3) is 0.250. The third-order valence-corrected chi connectivity index (χ3v) is 5.28. The number of fused-ring (bicyclic) bond motifs is 3. The number of carbonyl (C=O) groups is 1. The fourth-order valence-electron chi connectivity index (χ4n) is 3.89. The van der Waals surface area contributed by atoms with Gasteiger partial charge < -0.3 is 14.0 Å². The minimum absolute atomic E-state index is 0.417. The number of benzene rings is 2. The molecule has 29 heavy (non-hydrogen) atoms. The average Bonchev–Trinajstić information content (AvgIpc) is 3.10. The first-order valence-corrected chi connectivity index (χ1v) is 9.81. The van der Waals surface area contributed by atoms with Gasteiger partial charge in [0, 0.05) is 28.4 Å². The van der Waals surface area contributed by atoms with Crippen molar-refractivity contribution in [2.24, 2.45) is 0 Å². The van der Waals surface area contributed by atoms with E-state index >= 15 is 0 Å². The summed E-state index contributed by atoms with van der Waals surface area (Å²) in [7, 11) is 3.23. The van der Waals surface area contributed by atoms with Gasteiger partial charge in [-0.05, 0) is 36.8 Å². The third-order valence-electron chi connectivity index (χ3n) is 5.28. The second-order valence-corrected chi connectivity index (χ2v) is 7.00. The van der Waals surface area contributed by atoms with E-state index in [1.165, 1.54) is 0 Å². The number of aromatic nitrogens is 2. The van der Waals surface area contributed by atoms with Gasteiger partial charge in [-0.3, -0.25) is 4.79 Å². The Hall–Kier alpha value is -3.34. The number of rotatable bonds is 7. The maximum atomic E-state index is 11.7. The molecule has 0 fully saturated rings. The summed E-state index contributed by atoms with van der Waals surface area (Å²) >= 11 is 0. The lowest BCUT2D eigenvalue weighted by atomic mass is 10.1. The Morgan fingerprint density at radius 1 is 1.00 bits per heavy atom. The molecule has 0 amide bonds. The molecule has 148 valence electrons. The number of aldehydes is 1. The van der Waals surface area contributed by atoms with Gasteiger partial charge in [-0.25, -0.2) is 4.98 Å². The van der Waals surface area contributed by atoms with E-state index in [1.54, 1.807) is 14.2 Å². The molecule has 4 rings (SSSR count). The van der Waals surface area contributed by atoms with Crippen molar-refractivity contribution < 1.29 is 14.3 Å². The summed E-state index contributed by atoms with van der Waals surface area (Å²) in [6.45, 7) is 3.08. The van der Waals surface area contributed by atoms with Gasteiger partial charge in [0.15, 0.2) is 17.8 Å². The highest BCUT2D eigenvalue weighted by molar-refractivity contribution is 6.13. The van der Waals surface area contributed by atoms with Gasteiger partial charge in [0.25, 0.3) is 0 Å². The molecule has 0 aliphatic carbocycles. The number of para-hydroxylation sites is 1. The average molecular weight is 388 g/mol. The molecular weight excluding hydrogens is 364 g/mol. The topological polar surface area (TPSA) is 53.4 Å².